The summed E-state index contributed by atoms with van der Waals surface area (Å²) in [6, 6.07) is 4.52. The summed E-state index contributed by atoms with van der Waals surface area (Å²) >= 11 is 0. The number of hydrogen-bond donors (Lipinski definition) is 1. The van der Waals surface area contributed by atoms with Crippen LogP contribution in [-0.4, -0.2) is 18.8 Å². The fourth-order valence-corrected chi connectivity index (χ4v) is 1.60. The minimum atomic E-state index is -0.248. The first-order chi connectivity index (χ1) is 7.17. The molecule has 0 bridgehead atoms. The average Bonchev–Trinajstić information content (AvgIpc) is 2.18. The lowest BCUT2D eigenvalue weighted by molar-refractivity contribution is 0.261. The second kappa shape index (κ2) is 5.71. The van der Waals surface area contributed by atoms with E-state index in [9.17, 15) is 4.39 Å². The van der Waals surface area contributed by atoms with Crippen LogP contribution in [0.15, 0.2) is 18.2 Å². The van der Waals surface area contributed by atoms with Gasteiger partial charge in [-0.25, -0.2) is 4.39 Å². The summed E-state index contributed by atoms with van der Waals surface area (Å²) in [7, 11) is 1.58. The highest BCUT2D eigenvalue weighted by molar-refractivity contribution is 5.34. The lowest BCUT2D eigenvalue weighted by atomic mass is 9.98. The number of aliphatic hydroxyl groups is 1. The molecule has 1 aromatic carbocycles. The largest absolute Gasteiger partial charge is 0.496 e. The third-order valence-electron chi connectivity index (χ3n) is 2.43. The van der Waals surface area contributed by atoms with Gasteiger partial charge in [-0.15, -0.1) is 0 Å². The maximum Gasteiger partial charge on any atom is 0.123 e. The fraction of sp³-hybridized carbons (Fsp3) is 0.500. The van der Waals surface area contributed by atoms with Crippen molar-refractivity contribution in [3.63, 3.8) is 0 Å². The normalized spacial score (nSPS) is 12.5. The summed E-state index contributed by atoms with van der Waals surface area (Å²) in [6.07, 6.45) is 1.45. The molecule has 15 heavy (non-hydrogen) atoms. The Kier molecular flexibility index (Phi) is 4.56. The monoisotopic (exact) mass is 212 g/mol. The molecular formula is C12H17FO2. The molecule has 1 atom stereocenters. The Hall–Kier alpha value is -1.09. The Bertz CT molecular complexity index is 312. The van der Waals surface area contributed by atoms with Crippen molar-refractivity contribution < 1.29 is 14.2 Å². The number of halogens is 1. The molecule has 0 aliphatic rings. The third kappa shape index (κ3) is 3.51. The van der Waals surface area contributed by atoms with Gasteiger partial charge in [0.25, 0.3) is 0 Å². The van der Waals surface area contributed by atoms with Gasteiger partial charge in [0.2, 0.25) is 0 Å². The van der Waals surface area contributed by atoms with Gasteiger partial charge < -0.3 is 9.84 Å². The topological polar surface area (TPSA) is 29.5 Å². The molecule has 0 saturated carbocycles. The Morgan fingerprint density at radius 1 is 1.47 bits per heavy atom. The Morgan fingerprint density at radius 3 is 2.80 bits per heavy atom. The molecule has 0 heterocycles. The van der Waals surface area contributed by atoms with Gasteiger partial charge in [-0.05, 0) is 42.5 Å². The van der Waals surface area contributed by atoms with E-state index in [0.717, 1.165) is 18.4 Å². The summed E-state index contributed by atoms with van der Waals surface area (Å²) in [6.45, 7) is 2.19. The van der Waals surface area contributed by atoms with Crippen molar-refractivity contribution in [2.45, 2.75) is 19.8 Å². The third-order valence-corrected chi connectivity index (χ3v) is 2.43. The number of rotatable bonds is 5. The van der Waals surface area contributed by atoms with Gasteiger partial charge >= 0.3 is 0 Å². The van der Waals surface area contributed by atoms with Crippen molar-refractivity contribution in [3.05, 3.63) is 29.6 Å². The second-order valence-electron chi connectivity index (χ2n) is 3.78. The van der Waals surface area contributed by atoms with Crippen molar-refractivity contribution in [1.29, 1.82) is 0 Å². The molecule has 0 aromatic heterocycles. The van der Waals surface area contributed by atoms with E-state index >= 15 is 0 Å². The van der Waals surface area contributed by atoms with E-state index in [4.69, 9.17) is 9.84 Å². The van der Waals surface area contributed by atoms with Crippen LogP contribution in [0.2, 0.25) is 0 Å². The Balaban J connectivity index is 2.77. The van der Waals surface area contributed by atoms with Gasteiger partial charge in [-0.1, -0.05) is 6.92 Å². The smallest absolute Gasteiger partial charge is 0.123 e. The molecule has 0 aliphatic heterocycles. The van der Waals surface area contributed by atoms with Crippen LogP contribution in [0.5, 0.6) is 5.75 Å². The first kappa shape index (κ1) is 12.0. The van der Waals surface area contributed by atoms with Crippen molar-refractivity contribution in [2.24, 2.45) is 5.92 Å². The van der Waals surface area contributed by atoms with Crippen molar-refractivity contribution >= 4 is 0 Å². The SMILES string of the molecule is COc1ccc(F)cc1CC(C)CCO. The maximum atomic E-state index is 13.0. The van der Waals surface area contributed by atoms with E-state index in [2.05, 4.69) is 0 Å². The molecule has 0 radical (unpaired) electrons. The van der Waals surface area contributed by atoms with E-state index in [1.807, 2.05) is 6.92 Å². The van der Waals surface area contributed by atoms with Crippen LogP contribution < -0.4 is 4.74 Å². The quantitative estimate of drug-likeness (QED) is 0.812. The van der Waals surface area contributed by atoms with Crippen LogP contribution in [0.3, 0.4) is 0 Å². The molecule has 0 spiro atoms. The number of aliphatic hydroxyl groups excluding tert-OH is 1. The number of benzene rings is 1. The van der Waals surface area contributed by atoms with Crippen LogP contribution >= 0.6 is 0 Å². The van der Waals surface area contributed by atoms with E-state index < -0.39 is 0 Å². The molecule has 0 saturated heterocycles. The maximum absolute atomic E-state index is 13.0. The Morgan fingerprint density at radius 2 is 2.20 bits per heavy atom. The Labute approximate surface area is 89.7 Å². The van der Waals surface area contributed by atoms with Crippen LogP contribution in [0.25, 0.3) is 0 Å². The first-order valence-corrected chi connectivity index (χ1v) is 5.10. The zero-order valence-corrected chi connectivity index (χ0v) is 9.16. The number of ether oxygens (including phenoxy) is 1. The summed E-state index contributed by atoms with van der Waals surface area (Å²) in [4.78, 5) is 0. The minimum Gasteiger partial charge on any atom is -0.496 e. The molecular weight excluding hydrogens is 195 g/mol. The molecule has 1 unspecified atom stereocenters. The molecule has 84 valence electrons. The summed E-state index contributed by atoms with van der Waals surface area (Å²) in [5.41, 5.74) is 0.860. The summed E-state index contributed by atoms with van der Waals surface area (Å²) in [5, 5.41) is 8.79. The fourth-order valence-electron chi connectivity index (χ4n) is 1.60. The lowest BCUT2D eigenvalue weighted by Gasteiger charge is -2.13. The number of hydrogen-bond acceptors (Lipinski definition) is 2. The summed E-state index contributed by atoms with van der Waals surface area (Å²) in [5.74, 6) is 0.786. The number of methoxy groups -OCH3 is 1. The predicted octanol–water partition coefficient (Wildman–Crippen LogP) is 2.40. The second-order valence-corrected chi connectivity index (χ2v) is 3.78. The van der Waals surface area contributed by atoms with Gasteiger partial charge in [0.15, 0.2) is 0 Å². The van der Waals surface area contributed by atoms with Gasteiger partial charge in [0, 0.05) is 6.61 Å². The van der Waals surface area contributed by atoms with E-state index in [1.54, 1.807) is 13.2 Å². The lowest BCUT2D eigenvalue weighted by Crippen LogP contribution is -2.04. The van der Waals surface area contributed by atoms with Crippen LogP contribution in [0.4, 0.5) is 4.39 Å². The summed E-state index contributed by atoms with van der Waals surface area (Å²) < 4.78 is 18.2. The minimum absolute atomic E-state index is 0.165. The zero-order chi connectivity index (χ0) is 11.3. The first-order valence-electron chi connectivity index (χ1n) is 5.10. The van der Waals surface area contributed by atoms with Crippen molar-refractivity contribution in [3.8, 4) is 5.75 Å². The van der Waals surface area contributed by atoms with Gasteiger partial charge in [-0.3, -0.25) is 0 Å². The standard InChI is InChI=1S/C12H17FO2/c1-9(5-6-14)7-10-8-11(13)3-4-12(10)15-2/h3-4,8-9,14H,5-7H2,1-2H3. The van der Waals surface area contributed by atoms with Crippen LogP contribution in [-0.2, 0) is 6.42 Å². The van der Waals surface area contributed by atoms with Gasteiger partial charge in [0.1, 0.15) is 11.6 Å². The molecule has 1 aromatic rings. The molecule has 2 nitrogen and oxygen atoms in total. The van der Waals surface area contributed by atoms with E-state index in [-0.39, 0.29) is 12.4 Å². The molecule has 1 N–H and O–H groups in total. The van der Waals surface area contributed by atoms with E-state index in [0.29, 0.717) is 11.7 Å². The molecule has 0 fully saturated rings. The highest BCUT2D eigenvalue weighted by atomic mass is 19.1. The van der Waals surface area contributed by atoms with Gasteiger partial charge in [-0.2, -0.15) is 0 Å². The van der Waals surface area contributed by atoms with Crippen LogP contribution in [0, 0.1) is 11.7 Å². The predicted molar refractivity (Wildman–Crippen MR) is 57.5 cm³/mol. The average molecular weight is 212 g/mol. The highest BCUT2D eigenvalue weighted by Gasteiger charge is 2.09. The van der Waals surface area contributed by atoms with E-state index in [1.165, 1.54) is 12.1 Å². The van der Waals surface area contributed by atoms with Crippen molar-refractivity contribution in [2.75, 3.05) is 13.7 Å². The zero-order valence-electron chi connectivity index (χ0n) is 9.16. The highest BCUT2D eigenvalue weighted by Crippen LogP contribution is 2.23. The molecule has 1 rings (SSSR count). The van der Waals surface area contributed by atoms with Crippen molar-refractivity contribution in [1.82, 2.24) is 0 Å². The van der Waals surface area contributed by atoms with Crippen LogP contribution in [0.1, 0.15) is 18.9 Å². The molecule has 0 amide bonds. The van der Waals surface area contributed by atoms with Gasteiger partial charge in [0.05, 0.1) is 7.11 Å². The molecule has 3 heteroatoms. The molecule has 0 aliphatic carbocycles.